The molecule has 1 amide bonds. The minimum absolute atomic E-state index is 0.180. The fourth-order valence-electron chi connectivity index (χ4n) is 4.42. The Morgan fingerprint density at radius 2 is 2.00 bits per heavy atom. The Balaban J connectivity index is 1.46. The number of carbonyl (C=O) groups is 1. The van der Waals surface area contributed by atoms with Crippen LogP contribution in [0.25, 0.3) is 10.2 Å². The highest BCUT2D eigenvalue weighted by molar-refractivity contribution is 7.89. The van der Waals surface area contributed by atoms with Crippen molar-refractivity contribution in [1.29, 1.82) is 0 Å². The molecule has 36 heavy (non-hydrogen) atoms. The van der Waals surface area contributed by atoms with E-state index in [0.717, 1.165) is 17.5 Å². The molecule has 3 heterocycles. The maximum absolute atomic E-state index is 13.7. The molecule has 0 radical (unpaired) electrons. The van der Waals surface area contributed by atoms with E-state index in [-0.39, 0.29) is 17.3 Å². The Morgan fingerprint density at radius 3 is 2.69 bits per heavy atom. The molecular formula is C26H27N3O5S2. The lowest BCUT2D eigenvalue weighted by molar-refractivity contribution is 0.0983. The van der Waals surface area contributed by atoms with Crippen molar-refractivity contribution in [2.45, 2.75) is 31.2 Å². The van der Waals surface area contributed by atoms with Crippen molar-refractivity contribution in [3.8, 4) is 5.75 Å². The predicted molar refractivity (Wildman–Crippen MR) is 139 cm³/mol. The van der Waals surface area contributed by atoms with E-state index in [9.17, 15) is 13.2 Å². The Kier molecular flexibility index (Phi) is 6.83. The van der Waals surface area contributed by atoms with E-state index in [0.29, 0.717) is 46.7 Å². The number of furan rings is 1. The minimum Gasteiger partial charge on any atom is -0.494 e. The Labute approximate surface area is 214 Å². The molecule has 0 aliphatic carbocycles. The van der Waals surface area contributed by atoms with Crippen LogP contribution < -0.4 is 9.64 Å². The average Bonchev–Trinajstić information content (AvgIpc) is 3.56. The van der Waals surface area contributed by atoms with Crippen molar-refractivity contribution >= 4 is 42.6 Å². The van der Waals surface area contributed by atoms with Crippen LogP contribution >= 0.6 is 11.3 Å². The van der Waals surface area contributed by atoms with Crippen molar-refractivity contribution in [3.05, 3.63) is 72.2 Å². The first-order chi connectivity index (χ1) is 17.4. The number of hydrogen-bond acceptors (Lipinski definition) is 7. The summed E-state index contributed by atoms with van der Waals surface area (Å²) in [6.07, 6.45) is 3.44. The second-order valence-corrected chi connectivity index (χ2v) is 11.9. The number of thiazole rings is 1. The molecule has 0 saturated carbocycles. The van der Waals surface area contributed by atoms with E-state index in [2.05, 4.69) is 6.92 Å². The fourth-order valence-corrected chi connectivity index (χ4v) is 6.99. The van der Waals surface area contributed by atoms with Crippen molar-refractivity contribution in [2.75, 3.05) is 25.1 Å². The lowest BCUT2D eigenvalue weighted by Gasteiger charge is -2.30. The van der Waals surface area contributed by atoms with Gasteiger partial charge in [0, 0.05) is 18.7 Å². The average molecular weight is 526 g/mol. The number of benzene rings is 2. The summed E-state index contributed by atoms with van der Waals surface area (Å²) in [7, 11) is -2.02. The molecule has 0 bridgehead atoms. The number of methoxy groups -OCH3 is 1. The SMILES string of the molecule is COc1cccc2sc(N(Cc3ccco3)C(=O)c3ccc(S(=O)(=O)N4CCCC(C)C4)cc3)nc12. The van der Waals surface area contributed by atoms with E-state index in [1.54, 1.807) is 42.5 Å². The van der Waals surface area contributed by atoms with Gasteiger partial charge in [-0.3, -0.25) is 9.69 Å². The van der Waals surface area contributed by atoms with Gasteiger partial charge in [0.05, 0.1) is 29.5 Å². The van der Waals surface area contributed by atoms with Gasteiger partial charge in [-0.2, -0.15) is 4.31 Å². The quantitative estimate of drug-likeness (QED) is 0.331. The summed E-state index contributed by atoms with van der Waals surface area (Å²) in [5, 5.41) is 0.495. The monoisotopic (exact) mass is 525 g/mol. The number of amides is 1. The van der Waals surface area contributed by atoms with Crippen LogP contribution in [0.3, 0.4) is 0 Å². The third kappa shape index (κ3) is 4.76. The molecule has 1 aliphatic rings. The fraction of sp³-hybridized carbons (Fsp3) is 0.308. The molecule has 2 aromatic heterocycles. The van der Waals surface area contributed by atoms with Gasteiger partial charge in [0.2, 0.25) is 10.0 Å². The number of piperidine rings is 1. The van der Waals surface area contributed by atoms with Crippen molar-refractivity contribution in [2.24, 2.45) is 5.92 Å². The van der Waals surface area contributed by atoms with Crippen molar-refractivity contribution in [1.82, 2.24) is 9.29 Å². The Hall–Kier alpha value is -3.21. The van der Waals surface area contributed by atoms with Crippen LogP contribution in [0.15, 0.2) is 70.2 Å². The number of fused-ring (bicyclic) bond motifs is 1. The molecule has 1 unspecified atom stereocenters. The maximum atomic E-state index is 13.7. The van der Waals surface area contributed by atoms with Gasteiger partial charge in [0.15, 0.2) is 5.13 Å². The van der Waals surface area contributed by atoms with Crippen LogP contribution in [0.2, 0.25) is 0 Å². The maximum Gasteiger partial charge on any atom is 0.260 e. The smallest absolute Gasteiger partial charge is 0.260 e. The van der Waals surface area contributed by atoms with Crippen LogP contribution in [0.4, 0.5) is 5.13 Å². The number of sulfonamides is 1. The standard InChI is InChI=1S/C26H27N3O5S2/c1-18-6-4-14-28(16-18)36(31,32)21-12-10-19(11-13-21)25(30)29(17-20-7-5-15-34-20)26-27-24-22(33-2)8-3-9-23(24)35-26/h3,5,7-13,15,18H,4,6,14,16-17H2,1-2H3. The summed E-state index contributed by atoms with van der Waals surface area (Å²) in [5.74, 6) is 1.26. The van der Waals surface area contributed by atoms with Crippen LogP contribution in [0, 0.1) is 5.92 Å². The first-order valence-electron chi connectivity index (χ1n) is 11.7. The summed E-state index contributed by atoms with van der Waals surface area (Å²) >= 11 is 1.38. The number of ether oxygens (including phenoxy) is 1. The molecule has 1 fully saturated rings. The molecule has 2 aromatic carbocycles. The van der Waals surface area contributed by atoms with Gasteiger partial charge >= 0.3 is 0 Å². The van der Waals surface area contributed by atoms with Gasteiger partial charge in [0.1, 0.15) is 17.0 Å². The molecular weight excluding hydrogens is 498 g/mol. The highest BCUT2D eigenvalue weighted by Crippen LogP contribution is 2.35. The summed E-state index contributed by atoms with van der Waals surface area (Å²) in [4.78, 5) is 20.1. The van der Waals surface area contributed by atoms with Gasteiger partial charge in [0.25, 0.3) is 5.91 Å². The highest BCUT2D eigenvalue weighted by atomic mass is 32.2. The Bertz CT molecular complexity index is 1460. The molecule has 1 atom stereocenters. The molecule has 0 spiro atoms. The van der Waals surface area contributed by atoms with Crippen molar-refractivity contribution in [3.63, 3.8) is 0 Å². The molecule has 1 saturated heterocycles. The van der Waals surface area contributed by atoms with E-state index >= 15 is 0 Å². The Morgan fingerprint density at radius 1 is 1.19 bits per heavy atom. The van der Waals surface area contributed by atoms with Crippen LogP contribution in [-0.4, -0.2) is 43.8 Å². The molecule has 5 rings (SSSR count). The van der Waals surface area contributed by atoms with Gasteiger partial charge in [-0.25, -0.2) is 13.4 Å². The van der Waals surface area contributed by atoms with E-state index in [1.165, 1.54) is 27.8 Å². The van der Waals surface area contributed by atoms with Crippen LogP contribution in [0.1, 0.15) is 35.9 Å². The zero-order chi connectivity index (χ0) is 25.3. The summed E-state index contributed by atoms with van der Waals surface area (Å²) in [6, 6.07) is 15.3. The van der Waals surface area contributed by atoms with E-state index in [4.69, 9.17) is 14.1 Å². The highest BCUT2D eigenvalue weighted by Gasteiger charge is 2.29. The molecule has 10 heteroatoms. The molecule has 1 aliphatic heterocycles. The number of rotatable bonds is 7. The van der Waals surface area contributed by atoms with Gasteiger partial charge < -0.3 is 9.15 Å². The normalized spacial score (nSPS) is 16.8. The topological polar surface area (TPSA) is 92.9 Å². The number of nitrogens with zero attached hydrogens (tertiary/aromatic N) is 3. The van der Waals surface area contributed by atoms with Crippen LogP contribution in [-0.2, 0) is 16.6 Å². The zero-order valence-electron chi connectivity index (χ0n) is 20.1. The van der Waals surface area contributed by atoms with Crippen molar-refractivity contribution < 1.29 is 22.4 Å². The lowest BCUT2D eigenvalue weighted by Crippen LogP contribution is -2.39. The summed E-state index contributed by atoms with van der Waals surface area (Å²) in [5.41, 5.74) is 1.04. The second kappa shape index (κ2) is 10.0. The van der Waals surface area contributed by atoms with E-state index < -0.39 is 10.0 Å². The van der Waals surface area contributed by atoms with Gasteiger partial charge in [-0.05, 0) is 67.3 Å². The second-order valence-electron chi connectivity index (χ2n) is 8.91. The number of para-hydroxylation sites is 1. The first kappa shape index (κ1) is 24.5. The van der Waals surface area contributed by atoms with Gasteiger partial charge in [-0.1, -0.05) is 24.3 Å². The number of hydrogen-bond donors (Lipinski definition) is 0. The molecule has 0 N–H and O–H groups in total. The molecule has 188 valence electrons. The van der Waals surface area contributed by atoms with Gasteiger partial charge in [-0.15, -0.1) is 0 Å². The summed E-state index contributed by atoms with van der Waals surface area (Å²) < 4.78 is 39.6. The number of anilines is 1. The first-order valence-corrected chi connectivity index (χ1v) is 14.0. The zero-order valence-corrected chi connectivity index (χ0v) is 21.7. The predicted octanol–water partition coefficient (Wildman–Crippen LogP) is 5.17. The van der Waals surface area contributed by atoms with Crippen LogP contribution in [0.5, 0.6) is 5.75 Å². The molecule has 8 nitrogen and oxygen atoms in total. The summed E-state index contributed by atoms with van der Waals surface area (Å²) in [6.45, 7) is 3.28. The lowest BCUT2D eigenvalue weighted by atomic mass is 10.0. The number of carbonyl (C=O) groups excluding carboxylic acids is 1. The third-order valence-corrected chi connectivity index (χ3v) is 9.24. The third-order valence-electron chi connectivity index (χ3n) is 6.32. The molecule has 4 aromatic rings. The largest absolute Gasteiger partial charge is 0.494 e. The number of aromatic nitrogens is 1. The minimum atomic E-state index is -3.61. The van der Waals surface area contributed by atoms with E-state index in [1.807, 2.05) is 18.2 Å².